The molecule has 0 atom stereocenters. The topological polar surface area (TPSA) is 16.1 Å². The van der Waals surface area contributed by atoms with Crippen LogP contribution < -0.4 is 4.90 Å². The molecule has 2 aliphatic carbocycles. The summed E-state index contributed by atoms with van der Waals surface area (Å²) in [5, 5.41) is 5.25. The molecule has 51 heavy (non-hydrogen) atoms. The van der Waals surface area contributed by atoms with Gasteiger partial charge in [0.1, 0.15) is 0 Å². The molecule has 9 aromatic rings. The molecule has 0 fully saturated rings. The van der Waals surface area contributed by atoms with E-state index in [1.54, 1.807) is 0 Å². The maximum Gasteiger partial charge on any atom is 0.0973 e. The number of hydrogen-bond donors (Lipinski definition) is 0. The van der Waals surface area contributed by atoms with Gasteiger partial charge in [-0.3, -0.25) is 4.98 Å². The highest BCUT2D eigenvalue weighted by Gasteiger charge is 2.24. The zero-order chi connectivity index (χ0) is 33.5. The summed E-state index contributed by atoms with van der Waals surface area (Å²) in [6, 6.07) is 64.1. The Morgan fingerprint density at radius 1 is 0.392 bits per heavy atom. The van der Waals surface area contributed by atoms with Crippen LogP contribution in [0.15, 0.2) is 170 Å². The Morgan fingerprint density at radius 3 is 1.43 bits per heavy atom. The van der Waals surface area contributed by atoms with Crippen molar-refractivity contribution in [3.05, 3.63) is 182 Å². The molecule has 0 saturated carbocycles. The molecule has 11 rings (SSSR count). The number of benzene rings is 7. The summed E-state index contributed by atoms with van der Waals surface area (Å²) in [6.45, 7) is 0. The third kappa shape index (κ3) is 4.22. The number of aromatic nitrogens is 1. The van der Waals surface area contributed by atoms with E-state index in [4.69, 9.17) is 0 Å². The highest BCUT2D eigenvalue weighted by molar-refractivity contribution is 6.17. The quantitative estimate of drug-likeness (QED) is 0.185. The fraction of sp³-hybridized carbons (Fsp3) is 0. The van der Waals surface area contributed by atoms with E-state index in [1.165, 1.54) is 77.2 Å². The second-order valence-corrected chi connectivity index (χ2v) is 13.4. The van der Waals surface area contributed by atoms with Crippen LogP contribution in [0.5, 0.6) is 0 Å². The lowest BCUT2D eigenvalue weighted by molar-refractivity contribution is 1.24. The highest BCUT2D eigenvalue weighted by Crippen LogP contribution is 2.51. The van der Waals surface area contributed by atoms with Crippen LogP contribution in [0.1, 0.15) is 0 Å². The molecule has 0 unspecified atom stereocenters. The predicted octanol–water partition coefficient (Wildman–Crippen LogP) is 13.1. The lowest BCUT2D eigenvalue weighted by Crippen LogP contribution is -2.10. The van der Waals surface area contributed by atoms with Crippen LogP contribution in [0, 0.1) is 12.1 Å². The van der Waals surface area contributed by atoms with Gasteiger partial charge < -0.3 is 4.90 Å². The van der Waals surface area contributed by atoms with Crippen molar-refractivity contribution < 1.29 is 0 Å². The molecule has 0 spiro atoms. The van der Waals surface area contributed by atoms with Crippen molar-refractivity contribution in [1.29, 1.82) is 0 Å². The van der Waals surface area contributed by atoms with E-state index in [0.717, 1.165) is 28.2 Å². The summed E-state index contributed by atoms with van der Waals surface area (Å²) in [7, 11) is 0. The van der Waals surface area contributed by atoms with Gasteiger partial charge in [-0.15, -0.1) is 0 Å². The molecule has 8 aromatic carbocycles. The first kappa shape index (κ1) is 27.9. The van der Waals surface area contributed by atoms with E-state index in [2.05, 4.69) is 155 Å². The molecule has 2 nitrogen and oxygen atoms in total. The monoisotopic (exact) mass is 644 g/mol. The Bertz CT molecular complexity index is 2650. The van der Waals surface area contributed by atoms with E-state index in [0.29, 0.717) is 0 Å². The minimum absolute atomic E-state index is 0.916. The summed E-state index contributed by atoms with van der Waals surface area (Å²) in [5.41, 5.74) is 18.0. The van der Waals surface area contributed by atoms with Gasteiger partial charge in [-0.2, -0.15) is 0 Å². The smallest absolute Gasteiger partial charge is 0.0973 e. The molecule has 0 saturated heterocycles. The minimum atomic E-state index is 0.916. The SMILES string of the molecule is c1cccc(N(c2ccncc2)c2cc(-c3ccc4c(c3)-c3cccc5cccc-4c35)cc(-c3ccc4c(c3)-c3cccc5cccc-4c35)c2)c#1. The van der Waals surface area contributed by atoms with Crippen LogP contribution in [0.3, 0.4) is 0 Å². The van der Waals surface area contributed by atoms with E-state index in [1.807, 2.05) is 36.7 Å². The standard InChI is InChI=1S/C49H28N2/c1-2-12-37(13-3-1)51(38-22-24-50-25-23-38)39-27-35(33-18-20-40-42-14-4-8-31-10-6-16-44(48(31)42)46(40)29-33)26-36(28-39)34-19-21-41-43-15-5-9-32-11-7-17-45(49(32)43)47(41)30-34/h1-2,4-12,14-30H. The fourth-order valence-electron chi connectivity index (χ4n) is 8.41. The van der Waals surface area contributed by atoms with Crippen molar-refractivity contribution in [2.24, 2.45) is 0 Å². The number of fused-ring (bicyclic) bond motifs is 6. The molecule has 0 bridgehead atoms. The molecule has 234 valence electrons. The van der Waals surface area contributed by atoms with Gasteiger partial charge in [0.2, 0.25) is 0 Å². The molecule has 1 heterocycles. The molecule has 0 N–H and O–H groups in total. The first-order chi connectivity index (χ1) is 25.3. The van der Waals surface area contributed by atoms with Crippen LogP contribution in [-0.4, -0.2) is 4.98 Å². The van der Waals surface area contributed by atoms with Crippen molar-refractivity contribution >= 4 is 38.6 Å². The molecule has 2 heteroatoms. The van der Waals surface area contributed by atoms with Gasteiger partial charge in [-0.25, -0.2) is 0 Å². The summed E-state index contributed by atoms with van der Waals surface area (Å²) in [6.07, 6.45) is 3.69. The van der Waals surface area contributed by atoms with Crippen LogP contribution in [0.2, 0.25) is 0 Å². The maximum atomic E-state index is 4.33. The third-order valence-electron chi connectivity index (χ3n) is 10.6. The molecular formula is C49H28N2. The highest BCUT2D eigenvalue weighted by atomic mass is 15.1. The van der Waals surface area contributed by atoms with Gasteiger partial charge in [-0.05, 0) is 149 Å². The Balaban J connectivity index is 1.13. The van der Waals surface area contributed by atoms with Crippen LogP contribution >= 0.6 is 0 Å². The first-order valence-electron chi connectivity index (χ1n) is 17.4. The average Bonchev–Trinajstić information content (AvgIpc) is 3.70. The van der Waals surface area contributed by atoms with Gasteiger partial charge >= 0.3 is 0 Å². The molecule has 0 aliphatic heterocycles. The fourth-order valence-corrected chi connectivity index (χ4v) is 8.41. The second-order valence-electron chi connectivity index (χ2n) is 13.4. The minimum Gasteiger partial charge on any atom is -0.303 e. The maximum absolute atomic E-state index is 4.33. The van der Waals surface area contributed by atoms with Crippen LogP contribution in [0.25, 0.3) is 88.3 Å². The Hall–Kier alpha value is -6.95. The molecule has 0 amide bonds. The van der Waals surface area contributed by atoms with Gasteiger partial charge in [-0.1, -0.05) is 109 Å². The number of anilines is 3. The molecule has 0 radical (unpaired) electrons. The lowest BCUT2D eigenvalue weighted by atomic mass is 9.92. The summed E-state index contributed by atoms with van der Waals surface area (Å²) in [5.74, 6) is 0. The van der Waals surface area contributed by atoms with E-state index in [9.17, 15) is 0 Å². The largest absolute Gasteiger partial charge is 0.303 e. The number of hydrogen-bond acceptors (Lipinski definition) is 2. The number of nitrogens with zero attached hydrogens (tertiary/aromatic N) is 2. The number of pyridine rings is 1. The van der Waals surface area contributed by atoms with Crippen molar-refractivity contribution in [3.8, 4) is 66.8 Å². The van der Waals surface area contributed by atoms with Crippen LogP contribution in [0.4, 0.5) is 17.1 Å². The average molecular weight is 645 g/mol. The van der Waals surface area contributed by atoms with E-state index in [-0.39, 0.29) is 0 Å². The van der Waals surface area contributed by atoms with Crippen LogP contribution in [-0.2, 0) is 0 Å². The summed E-state index contributed by atoms with van der Waals surface area (Å²) >= 11 is 0. The van der Waals surface area contributed by atoms with E-state index < -0.39 is 0 Å². The van der Waals surface area contributed by atoms with Gasteiger partial charge in [0.25, 0.3) is 0 Å². The van der Waals surface area contributed by atoms with Crippen molar-refractivity contribution in [2.75, 3.05) is 4.90 Å². The number of rotatable bonds is 5. The molecule has 2 aliphatic rings. The molecular weight excluding hydrogens is 617 g/mol. The third-order valence-corrected chi connectivity index (χ3v) is 10.6. The normalized spacial score (nSPS) is 11.8. The first-order valence-corrected chi connectivity index (χ1v) is 17.4. The Morgan fingerprint density at radius 2 is 0.922 bits per heavy atom. The second kappa shape index (κ2) is 10.8. The predicted molar refractivity (Wildman–Crippen MR) is 211 cm³/mol. The zero-order valence-electron chi connectivity index (χ0n) is 27.6. The van der Waals surface area contributed by atoms with Gasteiger partial charge in [0.15, 0.2) is 0 Å². The van der Waals surface area contributed by atoms with E-state index >= 15 is 0 Å². The lowest BCUT2D eigenvalue weighted by Gasteiger charge is -2.25. The summed E-state index contributed by atoms with van der Waals surface area (Å²) < 4.78 is 0. The van der Waals surface area contributed by atoms with Gasteiger partial charge in [0.05, 0.1) is 5.69 Å². The zero-order valence-corrected chi connectivity index (χ0v) is 27.6. The van der Waals surface area contributed by atoms with Crippen molar-refractivity contribution in [2.45, 2.75) is 0 Å². The Labute approximate surface area is 296 Å². The summed E-state index contributed by atoms with van der Waals surface area (Å²) in [4.78, 5) is 6.58. The van der Waals surface area contributed by atoms with Crippen molar-refractivity contribution in [3.63, 3.8) is 0 Å². The van der Waals surface area contributed by atoms with Crippen molar-refractivity contribution in [1.82, 2.24) is 4.98 Å². The molecule has 1 aromatic heterocycles. The van der Waals surface area contributed by atoms with Gasteiger partial charge in [0, 0.05) is 23.8 Å². The Kier molecular flexibility index (Phi) is 5.90.